The van der Waals surface area contributed by atoms with Gasteiger partial charge in [0.25, 0.3) is 0 Å². The molecule has 0 amide bonds. The zero-order chi connectivity index (χ0) is 60.6. The molecular formula is C69H127FN16O3. The second-order valence-corrected chi connectivity index (χ2v) is 20.9. The van der Waals surface area contributed by atoms with Crippen molar-refractivity contribution in [1.82, 2.24) is 79.6 Å². The van der Waals surface area contributed by atoms with Crippen LogP contribution in [0.2, 0.25) is 0 Å². The van der Waals surface area contributed by atoms with E-state index in [2.05, 4.69) is 141 Å². The van der Waals surface area contributed by atoms with Crippen molar-refractivity contribution in [2.75, 3.05) is 0 Å². The Balaban J connectivity index is -0.000000171. The Morgan fingerprint density at radius 3 is 1.45 bits per heavy atom. The van der Waals surface area contributed by atoms with E-state index in [1.54, 1.807) is 17.2 Å². The lowest BCUT2D eigenvalue weighted by atomic mass is 10.1. The van der Waals surface area contributed by atoms with E-state index in [0.717, 1.165) is 97.0 Å². The van der Waals surface area contributed by atoms with Crippen molar-refractivity contribution in [1.29, 1.82) is 0 Å². The van der Waals surface area contributed by atoms with Gasteiger partial charge in [-0.3, -0.25) is 14.0 Å². The van der Waals surface area contributed by atoms with Crippen molar-refractivity contribution in [3.63, 3.8) is 0 Å². The highest BCUT2D eigenvalue weighted by Gasteiger charge is 2.12. The number of benzene rings is 1. The van der Waals surface area contributed by atoms with Crippen molar-refractivity contribution in [2.24, 2.45) is 0 Å². The largest absolute Gasteiger partial charge is 0.446 e. The summed E-state index contributed by atoms with van der Waals surface area (Å²) in [5.41, 5.74) is 5.79. The third-order valence-electron chi connectivity index (χ3n) is 11.3. The van der Waals surface area contributed by atoms with Crippen LogP contribution in [0, 0.1) is 40.6 Å². The fraction of sp³-hybridized carbons (Fsp3) is 0.594. The molecular weight excluding hydrogens is 1120 g/mol. The number of halogens is 1. The van der Waals surface area contributed by atoms with Gasteiger partial charge in [0.15, 0.2) is 17.5 Å². The van der Waals surface area contributed by atoms with E-state index in [0.29, 0.717) is 35.5 Å². The van der Waals surface area contributed by atoms with Crippen molar-refractivity contribution in [3.05, 3.63) is 166 Å². The quantitative estimate of drug-likeness (QED) is 0.0982. The molecule has 0 atom stereocenters. The minimum absolute atomic E-state index is 0. The predicted octanol–water partition coefficient (Wildman–Crippen LogP) is 19.8. The van der Waals surface area contributed by atoms with Crippen LogP contribution in [-0.2, 0) is 32.6 Å². The van der Waals surface area contributed by atoms with Crippen LogP contribution in [0.15, 0.2) is 99.3 Å². The van der Waals surface area contributed by atoms with Crippen molar-refractivity contribution < 1.29 is 17.9 Å². The normalized spacial score (nSPS) is 9.62. The molecule has 9 aromatic rings. The Labute approximate surface area is 541 Å². The molecule has 0 spiro atoms. The topological polar surface area (TPSA) is 214 Å². The summed E-state index contributed by atoms with van der Waals surface area (Å²) in [4.78, 5) is 21.6. The van der Waals surface area contributed by atoms with Gasteiger partial charge in [-0.2, -0.15) is 44.6 Å². The number of hydrogen-bond acceptors (Lipinski definition) is 15. The summed E-state index contributed by atoms with van der Waals surface area (Å²) in [6.07, 6.45) is 15.0. The van der Waals surface area contributed by atoms with Gasteiger partial charge in [0.1, 0.15) is 17.4 Å². The lowest BCUT2D eigenvalue weighted by Gasteiger charge is -2.02. The molecule has 0 fully saturated rings. The molecule has 0 saturated heterocycles. The van der Waals surface area contributed by atoms with E-state index in [1.807, 2.05) is 140 Å². The van der Waals surface area contributed by atoms with Crippen LogP contribution < -0.4 is 0 Å². The molecule has 19 nitrogen and oxygen atoms in total. The molecule has 9 rings (SSSR count). The molecule has 8 heterocycles. The SMILES string of the molecule is C.C.C.C.C.C.C.C.CC(C)c1ccnc(F)c1.CC(C)c1noc(C(C)C)n1.CCCn1cc(C(C)C)cn1.CCc1noc(C(C)C)n1.CCn1nc(C)nc1C.CCn1ncc(C)n1.Cc1cnn(Cc2ccccc2)c1.Cc1ncc(C(C)C)o1. The number of pyridine rings is 1. The van der Waals surface area contributed by atoms with E-state index in [9.17, 15) is 4.39 Å². The highest BCUT2D eigenvalue weighted by molar-refractivity contribution is 5.16. The fourth-order valence-electron chi connectivity index (χ4n) is 6.53. The maximum absolute atomic E-state index is 12.4. The first kappa shape index (κ1) is 95.1. The zero-order valence-corrected chi connectivity index (χ0v) is 52.5. The van der Waals surface area contributed by atoms with Crippen LogP contribution in [0.1, 0.15) is 287 Å². The van der Waals surface area contributed by atoms with Gasteiger partial charge in [0, 0.05) is 68.7 Å². The van der Waals surface area contributed by atoms with E-state index in [1.165, 1.54) is 29.0 Å². The number of aryl methyl sites for hydroxylation is 9. The van der Waals surface area contributed by atoms with Crippen molar-refractivity contribution in [3.8, 4) is 0 Å². The summed E-state index contributed by atoms with van der Waals surface area (Å²) in [5, 5.41) is 28.2. The third-order valence-corrected chi connectivity index (χ3v) is 11.3. The summed E-state index contributed by atoms with van der Waals surface area (Å²) in [6.45, 7) is 46.4. The summed E-state index contributed by atoms with van der Waals surface area (Å²) >= 11 is 0. The lowest BCUT2D eigenvalue weighted by Crippen LogP contribution is -1.98. The summed E-state index contributed by atoms with van der Waals surface area (Å²) in [5.74, 6) is 8.67. The van der Waals surface area contributed by atoms with E-state index in [-0.39, 0.29) is 59.4 Å². The molecule has 0 aliphatic heterocycles. The average Bonchev–Trinajstić information content (AvgIpc) is 4.54. The minimum Gasteiger partial charge on any atom is -0.446 e. The average molecular weight is 1250 g/mol. The van der Waals surface area contributed by atoms with Crippen molar-refractivity contribution >= 4 is 0 Å². The van der Waals surface area contributed by atoms with Crippen LogP contribution in [-0.4, -0.2) is 79.6 Å². The van der Waals surface area contributed by atoms with Crippen LogP contribution >= 0.6 is 0 Å². The first-order valence-corrected chi connectivity index (χ1v) is 28.4. The first-order valence-electron chi connectivity index (χ1n) is 28.4. The van der Waals surface area contributed by atoms with Gasteiger partial charge in [-0.05, 0) is 94.2 Å². The Morgan fingerprint density at radius 1 is 0.539 bits per heavy atom. The highest BCUT2D eigenvalue weighted by atomic mass is 19.1. The monoisotopic (exact) mass is 1250 g/mol. The van der Waals surface area contributed by atoms with E-state index in [4.69, 9.17) is 13.5 Å². The third kappa shape index (κ3) is 38.5. The molecule has 8 aromatic heterocycles. The maximum Gasteiger partial charge on any atom is 0.229 e. The van der Waals surface area contributed by atoms with Gasteiger partial charge in [0.2, 0.25) is 17.7 Å². The minimum atomic E-state index is -0.397. The second-order valence-electron chi connectivity index (χ2n) is 20.9. The lowest BCUT2D eigenvalue weighted by molar-refractivity contribution is 0.359. The fourth-order valence-corrected chi connectivity index (χ4v) is 6.53. The van der Waals surface area contributed by atoms with Crippen molar-refractivity contribution in [2.45, 2.75) is 279 Å². The molecule has 508 valence electrons. The Hall–Kier alpha value is -7.51. The summed E-state index contributed by atoms with van der Waals surface area (Å²) < 4.78 is 33.5. The zero-order valence-electron chi connectivity index (χ0n) is 52.5. The van der Waals surface area contributed by atoms with Gasteiger partial charge >= 0.3 is 0 Å². The molecule has 0 bridgehead atoms. The standard InChI is InChI=1S/C11H12N2.C9H16N2.C8H10FN.C8H14N2O.C7H12N2O.C7H11NO.C6H11N3.C5H9N3.8CH4/c1-10-7-12-13(8-10)9-11-5-3-2-4-6-11;1-4-5-11-7-9(6-10-11)8(2)3;1-6(2)7-3-4-10-8(9)5-7;1-5(2)7-9-8(6(3)4)11-10-7;1-4-6-8-7(5(2)3)10-9-6;1-5(2)7-4-8-6(3)9-7;1-4-9-6(3)7-5(2)8-9;1-3-8-6-4-5(2)7-8;;;;;;;;/h2-8H,9H2,1H3;6-8H,4-5H2,1-3H3;3-6H,1-2H3;5-6H,1-4H3;5H,4H2,1-3H3;4-5H,1-3H3;4H2,1-3H3;4H,3H2,1-2H3;8*1H4. The van der Waals surface area contributed by atoms with Gasteiger partial charge in [-0.1, -0.05) is 197 Å². The number of rotatable bonds is 13. The van der Waals surface area contributed by atoms with E-state index >= 15 is 0 Å². The van der Waals surface area contributed by atoms with Gasteiger partial charge < -0.3 is 13.5 Å². The van der Waals surface area contributed by atoms with Gasteiger partial charge in [0.05, 0.1) is 43.6 Å². The Bertz CT molecular complexity index is 2990. The maximum atomic E-state index is 12.4. The number of oxazole rings is 1. The summed E-state index contributed by atoms with van der Waals surface area (Å²) in [6, 6.07) is 13.6. The molecule has 1 aromatic carbocycles. The Kier molecular flexibility index (Phi) is 54.9. The smallest absolute Gasteiger partial charge is 0.229 e. The van der Waals surface area contributed by atoms with Gasteiger partial charge in [-0.25, -0.2) is 15.0 Å². The molecule has 0 unspecified atom stereocenters. The molecule has 89 heavy (non-hydrogen) atoms. The van der Waals surface area contributed by atoms with Crippen LogP contribution in [0.5, 0.6) is 0 Å². The molecule has 0 aliphatic rings. The van der Waals surface area contributed by atoms with Crippen LogP contribution in [0.4, 0.5) is 4.39 Å². The molecule has 0 saturated carbocycles. The molecule has 0 radical (unpaired) electrons. The van der Waals surface area contributed by atoms with E-state index < -0.39 is 5.95 Å². The van der Waals surface area contributed by atoms with Crippen LogP contribution in [0.25, 0.3) is 0 Å². The highest BCUT2D eigenvalue weighted by Crippen LogP contribution is 2.17. The van der Waals surface area contributed by atoms with Gasteiger partial charge in [-0.15, -0.1) is 0 Å². The number of nitrogens with zero attached hydrogens (tertiary/aromatic N) is 16. The number of aromatic nitrogens is 16. The Morgan fingerprint density at radius 2 is 1.12 bits per heavy atom. The summed E-state index contributed by atoms with van der Waals surface area (Å²) in [7, 11) is 0. The first-order chi connectivity index (χ1) is 38.4. The van der Waals surface area contributed by atoms with Crippen LogP contribution in [0.3, 0.4) is 0 Å². The molecule has 20 heteroatoms. The predicted molar refractivity (Wildman–Crippen MR) is 372 cm³/mol. The number of hydrogen-bond donors (Lipinski definition) is 0. The molecule has 0 N–H and O–H groups in total. The molecule has 0 aliphatic carbocycles. The second kappa shape index (κ2) is 51.4.